The zero-order valence-electron chi connectivity index (χ0n) is 15.8. The van der Waals surface area contributed by atoms with Gasteiger partial charge in [0.1, 0.15) is 12.4 Å². The number of nitrogens with one attached hydrogen (secondary N) is 1. The van der Waals surface area contributed by atoms with Crippen LogP contribution < -0.4 is 14.4 Å². The minimum Gasteiger partial charge on any atom is -0.489 e. The van der Waals surface area contributed by atoms with Gasteiger partial charge in [0.05, 0.1) is 0 Å². The van der Waals surface area contributed by atoms with E-state index in [1.807, 2.05) is 30.3 Å². The van der Waals surface area contributed by atoms with E-state index in [2.05, 4.69) is 4.72 Å². The van der Waals surface area contributed by atoms with E-state index >= 15 is 0 Å². The molecule has 0 aliphatic carbocycles. The quantitative estimate of drug-likeness (QED) is 0.709. The molecule has 2 aromatic carbocycles. The molecule has 0 radical (unpaired) electrons. The summed E-state index contributed by atoms with van der Waals surface area (Å²) in [5, 5.41) is 0. The highest BCUT2D eigenvalue weighted by atomic mass is 32.2. The van der Waals surface area contributed by atoms with Gasteiger partial charge in [-0.25, -0.2) is 4.72 Å². The average Bonchev–Trinajstić information content (AvgIpc) is 2.64. The van der Waals surface area contributed by atoms with E-state index in [0.29, 0.717) is 18.0 Å². The molecule has 146 valence electrons. The van der Waals surface area contributed by atoms with E-state index < -0.39 is 10.2 Å². The fourth-order valence-corrected chi connectivity index (χ4v) is 2.95. The Kier molecular flexibility index (Phi) is 7.35. The summed E-state index contributed by atoms with van der Waals surface area (Å²) in [5.74, 6) is 0.524. The SMILES string of the molecule is CC(=O)N(CCNS(=O)(=O)N(C)C)c1ccc(OCc2ccccc2)cc1. The van der Waals surface area contributed by atoms with Crippen LogP contribution in [0.2, 0.25) is 0 Å². The largest absolute Gasteiger partial charge is 0.489 e. The molecular weight excluding hydrogens is 366 g/mol. The number of ether oxygens (including phenoxy) is 1. The van der Waals surface area contributed by atoms with Crippen LogP contribution >= 0.6 is 0 Å². The smallest absolute Gasteiger partial charge is 0.278 e. The molecular formula is C19H25N3O4S. The summed E-state index contributed by atoms with van der Waals surface area (Å²) in [6.45, 7) is 2.25. The van der Waals surface area contributed by atoms with Crippen molar-refractivity contribution >= 4 is 21.8 Å². The molecule has 7 nitrogen and oxygen atoms in total. The van der Waals surface area contributed by atoms with Gasteiger partial charge in [0.15, 0.2) is 0 Å². The molecule has 0 spiro atoms. The molecule has 0 saturated carbocycles. The molecule has 0 bridgehead atoms. The lowest BCUT2D eigenvalue weighted by Gasteiger charge is -2.22. The third-order valence-corrected chi connectivity index (χ3v) is 5.41. The first-order valence-electron chi connectivity index (χ1n) is 8.51. The molecule has 27 heavy (non-hydrogen) atoms. The molecule has 0 aromatic heterocycles. The van der Waals surface area contributed by atoms with Crippen LogP contribution in [0.4, 0.5) is 5.69 Å². The Labute approximate surface area is 160 Å². The third kappa shape index (κ3) is 6.35. The maximum absolute atomic E-state index is 11.9. The zero-order valence-corrected chi connectivity index (χ0v) is 16.6. The monoisotopic (exact) mass is 391 g/mol. The molecule has 0 fully saturated rings. The molecule has 0 unspecified atom stereocenters. The molecule has 1 N–H and O–H groups in total. The lowest BCUT2D eigenvalue weighted by atomic mass is 10.2. The van der Waals surface area contributed by atoms with Crippen molar-refractivity contribution < 1.29 is 17.9 Å². The maximum atomic E-state index is 11.9. The normalized spacial score (nSPS) is 11.4. The van der Waals surface area contributed by atoms with Crippen molar-refractivity contribution in [2.45, 2.75) is 13.5 Å². The fraction of sp³-hybridized carbons (Fsp3) is 0.316. The van der Waals surface area contributed by atoms with Gasteiger partial charge in [-0.1, -0.05) is 30.3 Å². The molecule has 1 amide bonds. The number of carbonyl (C=O) groups excluding carboxylic acids is 1. The number of anilines is 1. The number of benzene rings is 2. The van der Waals surface area contributed by atoms with Crippen molar-refractivity contribution in [1.29, 1.82) is 0 Å². The van der Waals surface area contributed by atoms with Crippen molar-refractivity contribution in [2.24, 2.45) is 0 Å². The molecule has 2 rings (SSSR count). The van der Waals surface area contributed by atoms with Crippen molar-refractivity contribution in [3.05, 3.63) is 60.2 Å². The van der Waals surface area contributed by atoms with Crippen LogP contribution in [0.3, 0.4) is 0 Å². The maximum Gasteiger partial charge on any atom is 0.278 e. The average molecular weight is 391 g/mol. The lowest BCUT2D eigenvalue weighted by Crippen LogP contribution is -2.41. The molecule has 0 heterocycles. The molecule has 0 aliphatic rings. The highest BCUT2D eigenvalue weighted by molar-refractivity contribution is 7.87. The van der Waals surface area contributed by atoms with Gasteiger partial charge in [-0.3, -0.25) is 4.79 Å². The van der Waals surface area contributed by atoms with Crippen LogP contribution in [-0.4, -0.2) is 45.8 Å². The Morgan fingerprint density at radius 1 is 1.04 bits per heavy atom. The number of rotatable bonds is 9. The van der Waals surface area contributed by atoms with Gasteiger partial charge < -0.3 is 9.64 Å². The summed E-state index contributed by atoms with van der Waals surface area (Å²) >= 11 is 0. The zero-order chi connectivity index (χ0) is 19.9. The van der Waals surface area contributed by atoms with E-state index in [-0.39, 0.29) is 19.0 Å². The first-order chi connectivity index (χ1) is 12.8. The highest BCUT2D eigenvalue weighted by Crippen LogP contribution is 2.20. The number of hydrogen-bond donors (Lipinski definition) is 1. The van der Waals surface area contributed by atoms with Crippen molar-refractivity contribution in [3.63, 3.8) is 0 Å². The summed E-state index contributed by atoms with van der Waals surface area (Å²) in [6.07, 6.45) is 0. The fourth-order valence-electron chi connectivity index (χ4n) is 2.35. The summed E-state index contributed by atoms with van der Waals surface area (Å²) in [5.41, 5.74) is 1.75. The summed E-state index contributed by atoms with van der Waals surface area (Å²) in [7, 11) is -0.629. The van der Waals surface area contributed by atoms with Gasteiger partial charge in [-0.2, -0.15) is 12.7 Å². The summed E-state index contributed by atoms with van der Waals surface area (Å²) in [6, 6.07) is 17.0. The van der Waals surface area contributed by atoms with Crippen LogP contribution in [0.1, 0.15) is 12.5 Å². The minimum absolute atomic E-state index is 0.117. The van der Waals surface area contributed by atoms with Gasteiger partial charge in [0.2, 0.25) is 5.91 Å². The van der Waals surface area contributed by atoms with Crippen molar-refractivity contribution in [2.75, 3.05) is 32.1 Å². The number of amides is 1. The number of carbonyl (C=O) groups is 1. The summed E-state index contributed by atoms with van der Waals surface area (Å²) < 4.78 is 32.8. The summed E-state index contributed by atoms with van der Waals surface area (Å²) in [4.78, 5) is 13.4. The molecule has 0 atom stereocenters. The molecule has 2 aromatic rings. The highest BCUT2D eigenvalue weighted by Gasteiger charge is 2.15. The Balaban J connectivity index is 1.96. The number of nitrogens with zero attached hydrogens (tertiary/aromatic N) is 2. The molecule has 8 heteroatoms. The van der Waals surface area contributed by atoms with Crippen LogP contribution in [0, 0.1) is 0 Å². The van der Waals surface area contributed by atoms with Gasteiger partial charge >= 0.3 is 0 Å². The second-order valence-corrected chi connectivity index (χ2v) is 8.09. The Hall–Kier alpha value is -2.42. The van der Waals surface area contributed by atoms with Crippen LogP contribution in [0.5, 0.6) is 5.75 Å². The van der Waals surface area contributed by atoms with Crippen LogP contribution in [0.15, 0.2) is 54.6 Å². The first kappa shape index (κ1) is 20.9. The van der Waals surface area contributed by atoms with E-state index in [1.54, 1.807) is 24.3 Å². The van der Waals surface area contributed by atoms with E-state index in [0.717, 1.165) is 9.87 Å². The second-order valence-electron chi connectivity index (χ2n) is 6.12. The molecule has 0 aliphatic heterocycles. The van der Waals surface area contributed by atoms with Crippen LogP contribution in [-0.2, 0) is 21.6 Å². The lowest BCUT2D eigenvalue weighted by molar-refractivity contribution is -0.116. The van der Waals surface area contributed by atoms with Gasteiger partial charge in [0.25, 0.3) is 10.2 Å². The van der Waals surface area contributed by atoms with Gasteiger partial charge in [-0.05, 0) is 29.8 Å². The predicted molar refractivity (Wildman–Crippen MR) is 106 cm³/mol. The van der Waals surface area contributed by atoms with Gasteiger partial charge in [-0.15, -0.1) is 0 Å². The van der Waals surface area contributed by atoms with Crippen molar-refractivity contribution in [1.82, 2.24) is 9.03 Å². The predicted octanol–water partition coefficient (Wildman–Crippen LogP) is 2.01. The standard InChI is InChI=1S/C19H25N3O4S/c1-16(23)22(14-13-20-27(24,25)21(2)3)18-9-11-19(12-10-18)26-15-17-7-5-4-6-8-17/h4-12,20H,13-15H2,1-3H3. The Bertz CT molecular complexity index is 837. The first-order valence-corrected chi connectivity index (χ1v) is 9.95. The van der Waals surface area contributed by atoms with E-state index in [9.17, 15) is 13.2 Å². The van der Waals surface area contributed by atoms with Crippen LogP contribution in [0.25, 0.3) is 0 Å². The van der Waals surface area contributed by atoms with Gasteiger partial charge in [0, 0.05) is 39.8 Å². The minimum atomic E-state index is -3.52. The second kappa shape index (κ2) is 9.50. The van der Waals surface area contributed by atoms with E-state index in [1.165, 1.54) is 25.9 Å². The van der Waals surface area contributed by atoms with E-state index in [4.69, 9.17) is 4.74 Å². The Morgan fingerprint density at radius 2 is 1.67 bits per heavy atom. The topological polar surface area (TPSA) is 79.0 Å². The van der Waals surface area contributed by atoms with Crippen molar-refractivity contribution in [3.8, 4) is 5.75 Å². The Morgan fingerprint density at radius 3 is 2.22 bits per heavy atom. The third-order valence-electron chi connectivity index (χ3n) is 3.88. The molecule has 0 saturated heterocycles. The number of hydrogen-bond acceptors (Lipinski definition) is 4.